The van der Waals surface area contributed by atoms with Crippen LogP contribution in [0.25, 0.3) is 0 Å². The van der Waals surface area contributed by atoms with Crippen molar-refractivity contribution in [3.8, 4) is 5.88 Å². The van der Waals surface area contributed by atoms with Gasteiger partial charge in [-0.1, -0.05) is 0 Å². The van der Waals surface area contributed by atoms with Crippen LogP contribution in [0.5, 0.6) is 5.88 Å². The number of ether oxygens (including phenoxy) is 2. The van der Waals surface area contributed by atoms with Gasteiger partial charge >= 0.3 is 6.09 Å². The van der Waals surface area contributed by atoms with Crippen molar-refractivity contribution < 1.29 is 19.1 Å². The van der Waals surface area contributed by atoms with Crippen molar-refractivity contribution in [2.75, 3.05) is 11.9 Å². The molecule has 7 nitrogen and oxygen atoms in total. The van der Waals surface area contributed by atoms with Crippen LogP contribution in [-0.4, -0.2) is 34.8 Å². The van der Waals surface area contributed by atoms with E-state index in [9.17, 15) is 9.59 Å². The van der Waals surface area contributed by atoms with E-state index < -0.39 is 11.7 Å². The molecule has 1 aromatic rings. The van der Waals surface area contributed by atoms with Gasteiger partial charge in [0.05, 0.1) is 6.61 Å². The Hall–Kier alpha value is -2.18. The van der Waals surface area contributed by atoms with Crippen molar-refractivity contribution >= 4 is 18.1 Å². The number of hydrogen-bond donors (Lipinski definition) is 1. The minimum atomic E-state index is -0.654. The fraction of sp³-hybridized carbons (Fsp3) is 0.500. The minimum absolute atomic E-state index is 0.0921. The van der Waals surface area contributed by atoms with Crippen LogP contribution in [-0.2, 0) is 4.74 Å². The van der Waals surface area contributed by atoms with E-state index >= 15 is 0 Å². The third kappa shape index (κ3) is 4.90. The molecular formula is C12H17N3O4. The Labute approximate surface area is 111 Å². The zero-order valence-electron chi connectivity index (χ0n) is 11.4. The quantitative estimate of drug-likeness (QED) is 0.839. The maximum Gasteiger partial charge on any atom is 0.412 e. The number of carbonyl (C=O) groups excluding carboxylic acids is 2. The topological polar surface area (TPSA) is 90.4 Å². The summed E-state index contributed by atoms with van der Waals surface area (Å²) in [5.41, 5.74) is -0.285. The predicted octanol–water partition coefficient (Wildman–Crippen LogP) is 2.03. The Morgan fingerprint density at radius 3 is 2.63 bits per heavy atom. The van der Waals surface area contributed by atoms with E-state index in [1.807, 2.05) is 0 Å². The van der Waals surface area contributed by atoms with E-state index in [4.69, 9.17) is 9.47 Å². The molecular weight excluding hydrogens is 250 g/mol. The van der Waals surface area contributed by atoms with Gasteiger partial charge in [-0.2, -0.15) is 0 Å². The molecule has 0 aliphatic rings. The average molecular weight is 267 g/mol. The van der Waals surface area contributed by atoms with Gasteiger partial charge in [0.2, 0.25) is 0 Å². The Balaban J connectivity index is 2.90. The second-order valence-corrected chi connectivity index (χ2v) is 4.67. The van der Waals surface area contributed by atoms with E-state index in [1.54, 1.807) is 27.7 Å². The number of aldehydes is 1. The molecule has 0 aromatic carbocycles. The maximum absolute atomic E-state index is 11.7. The molecule has 0 aliphatic heterocycles. The van der Waals surface area contributed by atoms with Crippen molar-refractivity contribution in [1.82, 2.24) is 10.2 Å². The zero-order valence-corrected chi connectivity index (χ0v) is 11.4. The van der Waals surface area contributed by atoms with Crippen LogP contribution < -0.4 is 10.1 Å². The van der Waals surface area contributed by atoms with Gasteiger partial charge in [0.1, 0.15) is 17.0 Å². The number of rotatable bonds is 4. The fourth-order valence-electron chi connectivity index (χ4n) is 1.20. The van der Waals surface area contributed by atoms with Crippen molar-refractivity contribution in [2.24, 2.45) is 0 Å². The highest BCUT2D eigenvalue weighted by molar-refractivity contribution is 5.87. The van der Waals surface area contributed by atoms with Crippen molar-refractivity contribution in [3.63, 3.8) is 0 Å². The average Bonchev–Trinajstić information content (AvgIpc) is 2.29. The standard InChI is InChI=1S/C12H17N3O4/c1-5-18-10-9(6-8(7-16)14-15-10)13-11(17)19-12(2,3)4/h6-7H,5H2,1-4H3,(H,13,14,17). The third-order valence-electron chi connectivity index (χ3n) is 1.82. The SMILES string of the molecule is CCOc1nnc(C=O)cc1NC(=O)OC(C)(C)C. The van der Waals surface area contributed by atoms with Crippen LogP contribution in [0, 0.1) is 0 Å². The molecule has 1 aromatic heterocycles. The molecule has 7 heteroatoms. The monoisotopic (exact) mass is 267 g/mol. The Kier molecular flexibility index (Phi) is 4.80. The number of amides is 1. The molecule has 0 bridgehead atoms. The second-order valence-electron chi connectivity index (χ2n) is 4.67. The van der Waals surface area contributed by atoms with Gasteiger partial charge in [0.25, 0.3) is 5.88 Å². The summed E-state index contributed by atoms with van der Waals surface area (Å²) in [5.74, 6) is 0.138. The summed E-state index contributed by atoms with van der Waals surface area (Å²) in [5, 5.41) is 9.82. The summed E-state index contributed by atoms with van der Waals surface area (Å²) >= 11 is 0. The first-order valence-electron chi connectivity index (χ1n) is 5.81. The molecule has 0 saturated heterocycles. The molecule has 0 fully saturated rings. The molecule has 0 radical (unpaired) electrons. The van der Waals surface area contributed by atoms with Crippen LogP contribution in [0.15, 0.2) is 6.07 Å². The maximum atomic E-state index is 11.7. The van der Waals surface area contributed by atoms with E-state index in [-0.39, 0.29) is 17.3 Å². The number of aromatic nitrogens is 2. The first kappa shape index (κ1) is 14.9. The highest BCUT2D eigenvalue weighted by Gasteiger charge is 2.18. The largest absolute Gasteiger partial charge is 0.475 e. The first-order chi connectivity index (χ1) is 8.85. The van der Waals surface area contributed by atoms with Crippen LogP contribution >= 0.6 is 0 Å². The molecule has 1 amide bonds. The molecule has 1 heterocycles. The highest BCUT2D eigenvalue weighted by atomic mass is 16.6. The predicted molar refractivity (Wildman–Crippen MR) is 68.4 cm³/mol. The molecule has 1 rings (SSSR count). The van der Waals surface area contributed by atoms with Gasteiger partial charge in [-0.05, 0) is 33.8 Å². The summed E-state index contributed by atoms with van der Waals surface area (Å²) in [6.45, 7) is 7.37. The van der Waals surface area contributed by atoms with Crippen LogP contribution in [0.2, 0.25) is 0 Å². The van der Waals surface area contributed by atoms with Gasteiger partial charge in [0.15, 0.2) is 6.29 Å². The van der Waals surface area contributed by atoms with Gasteiger partial charge in [-0.3, -0.25) is 10.1 Å². The molecule has 0 atom stereocenters. The molecule has 1 N–H and O–H groups in total. The van der Waals surface area contributed by atoms with E-state index in [1.165, 1.54) is 6.07 Å². The smallest absolute Gasteiger partial charge is 0.412 e. The summed E-state index contributed by atoms with van der Waals surface area (Å²) in [4.78, 5) is 22.3. The lowest BCUT2D eigenvalue weighted by molar-refractivity contribution is 0.0635. The zero-order chi connectivity index (χ0) is 14.5. The Bertz CT molecular complexity index is 469. The number of anilines is 1. The second kappa shape index (κ2) is 6.12. The molecule has 0 spiro atoms. The van der Waals surface area contributed by atoms with E-state index in [0.717, 1.165) is 0 Å². The van der Waals surface area contributed by atoms with Gasteiger partial charge in [-0.15, -0.1) is 10.2 Å². The van der Waals surface area contributed by atoms with Crippen molar-refractivity contribution in [3.05, 3.63) is 11.8 Å². The summed E-state index contributed by atoms with van der Waals surface area (Å²) in [6, 6.07) is 1.37. The Morgan fingerprint density at radius 2 is 2.11 bits per heavy atom. The summed E-state index contributed by atoms with van der Waals surface area (Å²) in [6.07, 6.45) is -0.124. The third-order valence-corrected chi connectivity index (χ3v) is 1.82. The van der Waals surface area contributed by atoms with Crippen LogP contribution in [0.4, 0.5) is 10.5 Å². The first-order valence-corrected chi connectivity index (χ1v) is 5.81. The number of carbonyl (C=O) groups is 2. The lowest BCUT2D eigenvalue weighted by Crippen LogP contribution is -2.27. The normalized spacial score (nSPS) is 10.7. The molecule has 0 unspecified atom stereocenters. The summed E-state index contributed by atoms with van der Waals surface area (Å²) < 4.78 is 10.3. The van der Waals surface area contributed by atoms with Crippen LogP contribution in [0.1, 0.15) is 38.2 Å². The van der Waals surface area contributed by atoms with Crippen molar-refractivity contribution in [1.29, 1.82) is 0 Å². The van der Waals surface area contributed by atoms with E-state index in [0.29, 0.717) is 12.9 Å². The van der Waals surface area contributed by atoms with Gasteiger partial charge in [0, 0.05) is 0 Å². The van der Waals surface area contributed by atoms with Gasteiger partial charge in [-0.25, -0.2) is 4.79 Å². The Morgan fingerprint density at radius 1 is 1.42 bits per heavy atom. The minimum Gasteiger partial charge on any atom is -0.475 e. The lowest BCUT2D eigenvalue weighted by atomic mass is 10.2. The molecule has 104 valence electrons. The van der Waals surface area contributed by atoms with Gasteiger partial charge < -0.3 is 9.47 Å². The highest BCUT2D eigenvalue weighted by Crippen LogP contribution is 2.22. The van der Waals surface area contributed by atoms with Crippen molar-refractivity contribution in [2.45, 2.75) is 33.3 Å². The number of nitrogens with zero attached hydrogens (tertiary/aromatic N) is 2. The number of nitrogens with one attached hydrogen (secondary N) is 1. The fourth-order valence-corrected chi connectivity index (χ4v) is 1.20. The molecule has 0 saturated carbocycles. The number of hydrogen-bond acceptors (Lipinski definition) is 6. The molecule has 19 heavy (non-hydrogen) atoms. The van der Waals surface area contributed by atoms with E-state index in [2.05, 4.69) is 15.5 Å². The van der Waals surface area contributed by atoms with Crippen LogP contribution in [0.3, 0.4) is 0 Å². The summed E-state index contributed by atoms with van der Waals surface area (Å²) in [7, 11) is 0. The lowest BCUT2D eigenvalue weighted by Gasteiger charge is -2.20. The molecule has 0 aliphatic carbocycles.